The fourth-order valence-electron chi connectivity index (χ4n) is 2.86. The van der Waals surface area contributed by atoms with E-state index in [1.54, 1.807) is 48.5 Å². The minimum atomic E-state index is -3.78. The molecule has 0 unspecified atom stereocenters. The van der Waals surface area contributed by atoms with Crippen LogP contribution in [0.15, 0.2) is 95.9 Å². The van der Waals surface area contributed by atoms with Crippen LogP contribution in [0.5, 0.6) is 0 Å². The minimum Gasteiger partial charge on any atom is -0.319 e. The molecule has 0 saturated carbocycles. The van der Waals surface area contributed by atoms with Crippen LogP contribution < -0.4 is 10.0 Å². The Morgan fingerprint density at radius 1 is 0.724 bits per heavy atom. The number of nitrogens with one attached hydrogen (secondary N) is 2. The molecule has 1 heterocycles. The summed E-state index contributed by atoms with van der Waals surface area (Å²) in [6.07, 6.45) is 0. The second-order valence-corrected chi connectivity index (χ2v) is 7.99. The zero-order valence-electron chi connectivity index (χ0n) is 15.2. The van der Waals surface area contributed by atoms with E-state index in [1.807, 2.05) is 30.3 Å². The van der Waals surface area contributed by atoms with Crippen LogP contribution in [0.25, 0.3) is 10.9 Å². The average Bonchev–Trinajstić information content (AvgIpc) is 2.75. The van der Waals surface area contributed by atoms with Gasteiger partial charge in [0.1, 0.15) is 5.69 Å². The van der Waals surface area contributed by atoms with Gasteiger partial charge in [0.05, 0.1) is 21.8 Å². The summed E-state index contributed by atoms with van der Waals surface area (Å²) in [6, 6.07) is 25.6. The van der Waals surface area contributed by atoms with E-state index in [0.717, 1.165) is 5.39 Å². The first-order valence-corrected chi connectivity index (χ1v) is 10.4. The lowest BCUT2D eigenvalue weighted by Gasteiger charge is -2.13. The van der Waals surface area contributed by atoms with Gasteiger partial charge >= 0.3 is 0 Å². The average molecular weight is 403 g/mol. The minimum absolute atomic E-state index is 0.136. The Bertz CT molecular complexity index is 1290. The van der Waals surface area contributed by atoms with Gasteiger partial charge in [-0.25, -0.2) is 13.4 Å². The van der Waals surface area contributed by atoms with Crippen LogP contribution in [-0.4, -0.2) is 19.3 Å². The molecule has 0 radical (unpaired) electrons. The molecule has 0 aliphatic heterocycles. The van der Waals surface area contributed by atoms with Crippen LogP contribution in [0.2, 0.25) is 0 Å². The highest BCUT2D eigenvalue weighted by Crippen LogP contribution is 2.25. The monoisotopic (exact) mass is 403 g/mol. The van der Waals surface area contributed by atoms with Gasteiger partial charge in [0, 0.05) is 5.39 Å². The normalized spacial score (nSPS) is 11.2. The zero-order valence-corrected chi connectivity index (χ0v) is 16.1. The van der Waals surface area contributed by atoms with Crippen LogP contribution in [0.3, 0.4) is 0 Å². The van der Waals surface area contributed by atoms with E-state index in [4.69, 9.17) is 0 Å². The van der Waals surface area contributed by atoms with E-state index in [2.05, 4.69) is 15.0 Å². The number of rotatable bonds is 5. The van der Waals surface area contributed by atoms with Gasteiger partial charge in [0.25, 0.3) is 15.9 Å². The molecule has 6 nitrogen and oxygen atoms in total. The number of hydrogen-bond donors (Lipinski definition) is 2. The predicted molar refractivity (Wildman–Crippen MR) is 113 cm³/mol. The smallest absolute Gasteiger partial charge is 0.274 e. The van der Waals surface area contributed by atoms with Gasteiger partial charge in [-0.15, -0.1) is 0 Å². The standard InChI is InChI=1S/C22H17N3O3S/c26-22(21-15-14-16-8-4-5-11-18(16)23-21)24-19-12-6-7-13-20(19)25-29(27,28)17-9-2-1-3-10-17/h1-15,25H,(H,24,26). The first-order valence-electron chi connectivity index (χ1n) is 8.87. The van der Waals surface area contributed by atoms with Crippen LogP contribution in [-0.2, 0) is 10.0 Å². The first kappa shape index (κ1) is 18.6. The van der Waals surface area contributed by atoms with Crippen molar-refractivity contribution in [1.29, 1.82) is 0 Å². The van der Waals surface area contributed by atoms with Crippen LogP contribution in [0.1, 0.15) is 10.5 Å². The summed E-state index contributed by atoms with van der Waals surface area (Å²) < 4.78 is 27.8. The molecule has 0 atom stereocenters. The Hall–Kier alpha value is -3.71. The molecule has 0 fully saturated rings. The highest BCUT2D eigenvalue weighted by molar-refractivity contribution is 7.92. The van der Waals surface area contributed by atoms with Crippen molar-refractivity contribution in [2.24, 2.45) is 0 Å². The van der Waals surface area contributed by atoms with Crippen LogP contribution in [0.4, 0.5) is 11.4 Å². The van der Waals surface area contributed by atoms with Gasteiger partial charge in [0.15, 0.2) is 0 Å². The van der Waals surface area contributed by atoms with Crippen molar-refractivity contribution in [1.82, 2.24) is 4.98 Å². The third-order valence-electron chi connectivity index (χ3n) is 4.30. The van der Waals surface area contributed by atoms with Crippen LogP contribution >= 0.6 is 0 Å². The summed E-state index contributed by atoms with van der Waals surface area (Å²) >= 11 is 0. The number of pyridine rings is 1. The van der Waals surface area contributed by atoms with Crippen molar-refractivity contribution >= 4 is 38.2 Å². The Kier molecular flexibility index (Phi) is 4.97. The number of benzene rings is 3. The summed E-state index contributed by atoms with van der Waals surface area (Å²) in [5.41, 5.74) is 1.56. The summed E-state index contributed by atoms with van der Waals surface area (Å²) in [5, 5.41) is 3.67. The number of hydrogen-bond acceptors (Lipinski definition) is 4. The lowest BCUT2D eigenvalue weighted by Crippen LogP contribution is -2.17. The molecule has 1 amide bonds. The number of anilines is 2. The topological polar surface area (TPSA) is 88.2 Å². The molecule has 0 spiro atoms. The zero-order chi connectivity index (χ0) is 20.3. The highest BCUT2D eigenvalue weighted by Gasteiger charge is 2.17. The summed E-state index contributed by atoms with van der Waals surface area (Å²) in [6.45, 7) is 0. The highest BCUT2D eigenvalue weighted by atomic mass is 32.2. The van der Waals surface area contributed by atoms with E-state index in [1.165, 1.54) is 12.1 Å². The number of carbonyl (C=O) groups excluding carboxylic acids is 1. The van der Waals surface area contributed by atoms with Crippen molar-refractivity contribution in [3.05, 3.63) is 96.7 Å². The van der Waals surface area contributed by atoms with Crippen molar-refractivity contribution in [2.45, 2.75) is 4.90 Å². The van der Waals surface area contributed by atoms with Crippen molar-refractivity contribution in [3.8, 4) is 0 Å². The Balaban J connectivity index is 1.60. The van der Waals surface area contributed by atoms with Crippen molar-refractivity contribution in [2.75, 3.05) is 10.0 Å². The van der Waals surface area contributed by atoms with Crippen molar-refractivity contribution < 1.29 is 13.2 Å². The van der Waals surface area contributed by atoms with Gasteiger partial charge in [-0.3, -0.25) is 9.52 Å². The third-order valence-corrected chi connectivity index (χ3v) is 5.69. The van der Waals surface area contributed by atoms with E-state index in [-0.39, 0.29) is 16.3 Å². The molecule has 0 bridgehead atoms. The second-order valence-electron chi connectivity index (χ2n) is 6.31. The number of sulfonamides is 1. The summed E-state index contributed by atoms with van der Waals surface area (Å²) in [5.74, 6) is -0.429. The number of fused-ring (bicyclic) bond motifs is 1. The summed E-state index contributed by atoms with van der Waals surface area (Å²) in [4.78, 5) is 17.2. The maximum absolute atomic E-state index is 12.7. The van der Waals surface area contributed by atoms with Gasteiger partial charge in [-0.2, -0.15) is 0 Å². The Labute approximate surface area is 168 Å². The third kappa shape index (κ3) is 4.09. The van der Waals surface area contributed by atoms with Crippen molar-refractivity contribution in [3.63, 3.8) is 0 Å². The molecule has 1 aromatic heterocycles. The largest absolute Gasteiger partial charge is 0.319 e. The van der Waals surface area contributed by atoms with Gasteiger partial charge in [-0.05, 0) is 36.4 Å². The van der Waals surface area contributed by atoms with E-state index in [0.29, 0.717) is 11.2 Å². The number of nitrogens with zero attached hydrogens (tertiary/aromatic N) is 1. The van der Waals surface area contributed by atoms with E-state index >= 15 is 0 Å². The fraction of sp³-hybridized carbons (Fsp3) is 0. The lowest BCUT2D eigenvalue weighted by atomic mass is 10.2. The predicted octanol–water partition coefficient (Wildman–Crippen LogP) is 4.29. The van der Waals surface area contributed by atoms with Gasteiger partial charge < -0.3 is 5.32 Å². The molecule has 0 aliphatic carbocycles. The maximum atomic E-state index is 12.7. The number of carbonyl (C=O) groups is 1. The first-order chi connectivity index (χ1) is 14.0. The quantitative estimate of drug-likeness (QED) is 0.520. The number of amides is 1. The molecule has 144 valence electrons. The molecule has 3 aromatic carbocycles. The maximum Gasteiger partial charge on any atom is 0.274 e. The summed E-state index contributed by atoms with van der Waals surface area (Å²) in [7, 11) is -3.78. The number of para-hydroxylation sites is 3. The Morgan fingerprint density at radius 3 is 2.17 bits per heavy atom. The number of aromatic nitrogens is 1. The van der Waals surface area contributed by atoms with E-state index < -0.39 is 15.9 Å². The molecule has 0 aliphatic rings. The molecule has 4 rings (SSSR count). The van der Waals surface area contributed by atoms with Crippen LogP contribution in [0, 0.1) is 0 Å². The molecule has 29 heavy (non-hydrogen) atoms. The molecule has 7 heteroatoms. The Morgan fingerprint density at radius 2 is 1.38 bits per heavy atom. The van der Waals surface area contributed by atoms with E-state index in [9.17, 15) is 13.2 Å². The molecule has 4 aromatic rings. The fourth-order valence-corrected chi connectivity index (χ4v) is 3.96. The second kappa shape index (κ2) is 7.73. The molecular weight excluding hydrogens is 386 g/mol. The SMILES string of the molecule is O=C(Nc1ccccc1NS(=O)(=O)c1ccccc1)c1ccc2ccccc2n1. The van der Waals surface area contributed by atoms with Gasteiger partial charge in [-0.1, -0.05) is 54.6 Å². The van der Waals surface area contributed by atoms with Gasteiger partial charge in [0.2, 0.25) is 0 Å². The molecule has 2 N–H and O–H groups in total. The molecule has 0 saturated heterocycles. The molecular formula is C22H17N3O3S. The lowest BCUT2D eigenvalue weighted by molar-refractivity contribution is 0.102.